The Morgan fingerprint density at radius 1 is 1.08 bits per heavy atom. The van der Waals surface area contributed by atoms with Crippen molar-refractivity contribution in [3.05, 3.63) is 17.5 Å². The molecule has 0 radical (unpaired) electrons. The molecular weight excluding hydrogens is 331 g/mol. The zero-order valence-electron chi connectivity index (χ0n) is 14.5. The molecule has 0 aromatic carbocycles. The quantitative estimate of drug-likeness (QED) is 0.704. The molecule has 0 saturated carbocycles. The zero-order valence-corrected chi connectivity index (χ0v) is 14.5. The first-order valence-corrected chi connectivity index (χ1v) is 8.58. The van der Waals surface area contributed by atoms with Crippen LogP contribution in [-0.4, -0.2) is 15.0 Å². The van der Waals surface area contributed by atoms with E-state index in [-0.39, 0.29) is 28.6 Å². The smallest absolute Gasteiger partial charge is 0.383 e. The number of alkyl halides is 3. The number of nitrogen functional groups attached to an aromatic ring is 2. The number of fused-ring (bicyclic) bond motifs is 1. The van der Waals surface area contributed by atoms with Crippen LogP contribution >= 0.6 is 0 Å². The molecule has 138 valence electrons. The number of nitrogens with two attached hydrogens (primary N) is 2. The molecule has 0 aliphatic heterocycles. The lowest BCUT2D eigenvalue weighted by atomic mass is 9.92. The van der Waals surface area contributed by atoms with Crippen molar-refractivity contribution < 1.29 is 13.2 Å². The molecule has 2 rings (SSSR count). The summed E-state index contributed by atoms with van der Waals surface area (Å²) in [7, 11) is 0. The number of aromatic nitrogens is 3. The number of rotatable bonds is 7. The van der Waals surface area contributed by atoms with Gasteiger partial charge in [0.05, 0.1) is 16.6 Å². The second kappa shape index (κ2) is 7.84. The van der Waals surface area contributed by atoms with Crippen LogP contribution in [0, 0.1) is 0 Å². The van der Waals surface area contributed by atoms with Crippen LogP contribution in [0.1, 0.15) is 69.5 Å². The van der Waals surface area contributed by atoms with E-state index in [1.54, 1.807) is 0 Å². The summed E-state index contributed by atoms with van der Waals surface area (Å²) in [6, 6.07) is 0. The number of pyridine rings is 1. The van der Waals surface area contributed by atoms with Gasteiger partial charge < -0.3 is 11.5 Å². The summed E-state index contributed by atoms with van der Waals surface area (Å²) in [6.07, 6.45) is 1.97. The molecule has 1 unspecified atom stereocenters. The maximum atomic E-state index is 13.3. The lowest BCUT2D eigenvalue weighted by Crippen LogP contribution is -2.13. The predicted octanol–water partition coefficient (Wildman–Crippen LogP) is 4.67. The number of nitrogens with zero attached hydrogens (tertiary/aromatic N) is 3. The number of unbranched alkanes of at least 4 members (excludes halogenated alkanes) is 3. The molecule has 25 heavy (non-hydrogen) atoms. The Morgan fingerprint density at radius 2 is 1.80 bits per heavy atom. The topological polar surface area (TPSA) is 90.7 Å². The van der Waals surface area contributed by atoms with Gasteiger partial charge in [-0.25, -0.2) is 15.0 Å². The van der Waals surface area contributed by atoms with Gasteiger partial charge in [0.25, 0.3) is 0 Å². The SMILES string of the molecule is CCCCCCC(CC)c1nc(N)nc2c(C(F)(F)F)cnc(N)c12. The van der Waals surface area contributed by atoms with Crippen molar-refractivity contribution in [3.8, 4) is 0 Å². The summed E-state index contributed by atoms with van der Waals surface area (Å²) in [6.45, 7) is 4.10. The molecule has 0 spiro atoms. The van der Waals surface area contributed by atoms with Crippen LogP contribution in [0.25, 0.3) is 10.9 Å². The van der Waals surface area contributed by atoms with Gasteiger partial charge in [0, 0.05) is 12.1 Å². The Hall–Kier alpha value is -2.12. The van der Waals surface area contributed by atoms with E-state index in [2.05, 4.69) is 21.9 Å². The molecule has 0 saturated heterocycles. The Bertz CT molecular complexity index is 730. The first-order chi connectivity index (χ1) is 11.8. The van der Waals surface area contributed by atoms with E-state index >= 15 is 0 Å². The second-order valence-corrected chi connectivity index (χ2v) is 6.20. The Labute approximate surface area is 145 Å². The number of anilines is 2. The molecule has 2 aromatic heterocycles. The fourth-order valence-corrected chi connectivity index (χ4v) is 3.06. The minimum Gasteiger partial charge on any atom is -0.383 e. The minimum absolute atomic E-state index is 0.00464. The molecule has 2 heterocycles. The number of hydrogen-bond donors (Lipinski definition) is 2. The van der Waals surface area contributed by atoms with E-state index in [9.17, 15) is 13.2 Å². The summed E-state index contributed by atoms with van der Waals surface area (Å²) in [5.41, 5.74) is 10.9. The average Bonchev–Trinajstić information content (AvgIpc) is 2.53. The third kappa shape index (κ3) is 4.29. The van der Waals surface area contributed by atoms with Gasteiger partial charge in [0.15, 0.2) is 0 Å². The van der Waals surface area contributed by atoms with Gasteiger partial charge in [0.1, 0.15) is 11.4 Å². The molecule has 0 amide bonds. The van der Waals surface area contributed by atoms with Crippen LogP contribution in [0.5, 0.6) is 0 Å². The summed E-state index contributed by atoms with van der Waals surface area (Å²) in [4.78, 5) is 11.8. The molecule has 8 heteroatoms. The summed E-state index contributed by atoms with van der Waals surface area (Å²) >= 11 is 0. The number of hydrogen-bond acceptors (Lipinski definition) is 5. The highest BCUT2D eigenvalue weighted by Crippen LogP contribution is 2.39. The molecule has 1 atom stereocenters. The van der Waals surface area contributed by atoms with Crippen molar-refractivity contribution in [1.29, 1.82) is 0 Å². The van der Waals surface area contributed by atoms with Crippen LogP contribution in [-0.2, 0) is 6.18 Å². The highest BCUT2D eigenvalue weighted by Gasteiger charge is 2.35. The lowest BCUT2D eigenvalue weighted by Gasteiger charge is -2.19. The standard InChI is InChI=1S/C17H24F3N5/c1-3-5-6-7-8-10(4-2)13-12-14(25-16(22)24-13)11(17(18,19)20)9-23-15(12)21/h9-10H,3-8H2,1-2H3,(H2,21,23)(H2,22,24,25). The highest BCUT2D eigenvalue weighted by atomic mass is 19.4. The lowest BCUT2D eigenvalue weighted by molar-refractivity contribution is -0.136. The third-order valence-corrected chi connectivity index (χ3v) is 4.39. The summed E-state index contributed by atoms with van der Waals surface area (Å²) in [5.74, 6) is -0.201. The fourth-order valence-electron chi connectivity index (χ4n) is 3.06. The maximum absolute atomic E-state index is 13.3. The van der Waals surface area contributed by atoms with Crippen LogP contribution in [0.4, 0.5) is 24.9 Å². The third-order valence-electron chi connectivity index (χ3n) is 4.39. The molecule has 5 nitrogen and oxygen atoms in total. The van der Waals surface area contributed by atoms with E-state index in [0.717, 1.165) is 38.5 Å². The van der Waals surface area contributed by atoms with Crippen molar-refractivity contribution in [2.24, 2.45) is 0 Å². The maximum Gasteiger partial charge on any atom is 0.419 e. The fraction of sp³-hybridized carbons (Fsp3) is 0.588. The molecule has 0 aliphatic carbocycles. The Morgan fingerprint density at radius 3 is 2.40 bits per heavy atom. The van der Waals surface area contributed by atoms with Gasteiger partial charge in [-0.2, -0.15) is 13.2 Å². The second-order valence-electron chi connectivity index (χ2n) is 6.20. The normalized spacial score (nSPS) is 13.3. The van der Waals surface area contributed by atoms with Gasteiger partial charge in [-0.1, -0.05) is 39.5 Å². The summed E-state index contributed by atoms with van der Waals surface area (Å²) in [5, 5.41) is 0.173. The van der Waals surface area contributed by atoms with Crippen LogP contribution in [0.2, 0.25) is 0 Å². The molecule has 0 bridgehead atoms. The van der Waals surface area contributed by atoms with Crippen molar-refractivity contribution >= 4 is 22.7 Å². The van der Waals surface area contributed by atoms with E-state index < -0.39 is 11.7 Å². The average molecular weight is 355 g/mol. The summed E-state index contributed by atoms with van der Waals surface area (Å²) < 4.78 is 39.9. The van der Waals surface area contributed by atoms with Crippen LogP contribution in [0.3, 0.4) is 0 Å². The zero-order chi connectivity index (χ0) is 18.6. The van der Waals surface area contributed by atoms with Crippen molar-refractivity contribution in [2.75, 3.05) is 11.5 Å². The van der Waals surface area contributed by atoms with Gasteiger partial charge in [-0.15, -0.1) is 0 Å². The highest BCUT2D eigenvalue weighted by molar-refractivity contribution is 5.93. The predicted molar refractivity (Wildman–Crippen MR) is 93.0 cm³/mol. The molecule has 2 aromatic rings. The van der Waals surface area contributed by atoms with Crippen LogP contribution in [0.15, 0.2) is 6.20 Å². The molecular formula is C17H24F3N5. The van der Waals surface area contributed by atoms with Gasteiger partial charge in [0.2, 0.25) is 5.95 Å². The van der Waals surface area contributed by atoms with E-state index in [4.69, 9.17) is 11.5 Å². The van der Waals surface area contributed by atoms with Crippen molar-refractivity contribution in [3.63, 3.8) is 0 Å². The van der Waals surface area contributed by atoms with Crippen molar-refractivity contribution in [1.82, 2.24) is 15.0 Å². The largest absolute Gasteiger partial charge is 0.419 e. The molecule has 0 aliphatic rings. The monoisotopic (exact) mass is 355 g/mol. The minimum atomic E-state index is -4.58. The van der Waals surface area contributed by atoms with Gasteiger partial charge in [-0.05, 0) is 12.8 Å². The van der Waals surface area contributed by atoms with Gasteiger partial charge in [-0.3, -0.25) is 0 Å². The Balaban J connectivity index is 2.55. The first kappa shape index (κ1) is 19.2. The van der Waals surface area contributed by atoms with Gasteiger partial charge >= 0.3 is 6.18 Å². The van der Waals surface area contributed by atoms with E-state index in [1.807, 2.05) is 6.92 Å². The van der Waals surface area contributed by atoms with Crippen LogP contribution < -0.4 is 11.5 Å². The molecule has 4 N–H and O–H groups in total. The van der Waals surface area contributed by atoms with E-state index in [1.165, 1.54) is 0 Å². The van der Waals surface area contributed by atoms with E-state index in [0.29, 0.717) is 11.9 Å². The Kier molecular flexibility index (Phi) is 6.02. The number of halogens is 3. The first-order valence-electron chi connectivity index (χ1n) is 8.58. The molecule has 0 fully saturated rings. The van der Waals surface area contributed by atoms with Crippen molar-refractivity contribution in [2.45, 2.75) is 64.5 Å².